The van der Waals surface area contributed by atoms with Gasteiger partial charge in [0.25, 0.3) is 0 Å². The molecule has 0 fully saturated rings. The van der Waals surface area contributed by atoms with Crippen molar-refractivity contribution in [3.05, 3.63) is 15.8 Å². The Kier molecular flexibility index (Phi) is 7.87. The molecule has 1 aromatic heterocycles. The highest BCUT2D eigenvalue weighted by atomic mass is 32.2. The minimum atomic E-state index is -3.43. The highest BCUT2D eigenvalue weighted by molar-refractivity contribution is 7.89. The normalized spacial score (nSPS) is 13.5. The minimum absolute atomic E-state index is 0.0238. The fourth-order valence-corrected chi connectivity index (χ4v) is 5.46. The van der Waals surface area contributed by atoms with Crippen molar-refractivity contribution in [2.24, 2.45) is 0 Å². The summed E-state index contributed by atoms with van der Waals surface area (Å²) in [6.45, 7) is 9.59. The zero-order valence-corrected chi connectivity index (χ0v) is 15.2. The highest BCUT2D eigenvalue weighted by Gasteiger charge is 2.25. The van der Waals surface area contributed by atoms with E-state index in [9.17, 15) is 8.42 Å². The zero-order chi connectivity index (χ0) is 15.9. The molecule has 1 aromatic rings. The van der Waals surface area contributed by atoms with Gasteiger partial charge >= 0.3 is 0 Å². The lowest BCUT2D eigenvalue weighted by molar-refractivity contribution is 0.511. The van der Waals surface area contributed by atoms with Crippen LogP contribution in [0, 0.1) is 6.92 Å². The van der Waals surface area contributed by atoms with E-state index in [-0.39, 0.29) is 6.04 Å². The van der Waals surface area contributed by atoms with Gasteiger partial charge in [-0.05, 0) is 43.7 Å². The summed E-state index contributed by atoms with van der Waals surface area (Å²) in [6, 6.07) is 0.0238. The van der Waals surface area contributed by atoms with Crippen LogP contribution in [0.15, 0.2) is 10.3 Å². The van der Waals surface area contributed by atoms with Crippen LogP contribution in [0.4, 0.5) is 0 Å². The van der Waals surface area contributed by atoms with Crippen LogP contribution in [-0.4, -0.2) is 21.0 Å². The molecule has 0 aliphatic heterocycles. The predicted octanol–water partition coefficient (Wildman–Crippen LogP) is 3.41. The van der Waals surface area contributed by atoms with Gasteiger partial charge in [-0.15, -0.1) is 11.3 Å². The maximum Gasteiger partial charge on any atom is 0.242 e. The van der Waals surface area contributed by atoms with E-state index in [0.717, 1.165) is 42.7 Å². The summed E-state index contributed by atoms with van der Waals surface area (Å²) in [5.41, 5.74) is 0.840. The molecule has 0 saturated heterocycles. The Labute approximate surface area is 133 Å². The first-order chi connectivity index (χ1) is 9.96. The van der Waals surface area contributed by atoms with Crippen LogP contribution in [0.1, 0.15) is 56.9 Å². The second-order valence-corrected chi connectivity index (χ2v) is 7.98. The van der Waals surface area contributed by atoms with Gasteiger partial charge in [0, 0.05) is 17.5 Å². The fraction of sp³-hybridized carbons (Fsp3) is 0.733. The molecule has 0 aromatic carbocycles. The molecule has 122 valence electrons. The van der Waals surface area contributed by atoms with Crippen molar-refractivity contribution < 1.29 is 8.42 Å². The summed E-state index contributed by atoms with van der Waals surface area (Å²) in [6.07, 6.45) is 3.72. The summed E-state index contributed by atoms with van der Waals surface area (Å²) in [5, 5.41) is 5.22. The number of thiophene rings is 1. The molecule has 1 heterocycles. The molecule has 4 nitrogen and oxygen atoms in total. The first kappa shape index (κ1) is 18.6. The molecular formula is C15H28N2O2S2. The summed E-state index contributed by atoms with van der Waals surface area (Å²) in [4.78, 5) is 1.38. The van der Waals surface area contributed by atoms with Crippen molar-refractivity contribution in [2.75, 3.05) is 6.54 Å². The number of hydrogen-bond acceptors (Lipinski definition) is 4. The van der Waals surface area contributed by atoms with Crippen LogP contribution in [0.25, 0.3) is 0 Å². The van der Waals surface area contributed by atoms with Gasteiger partial charge in [0.2, 0.25) is 10.0 Å². The van der Waals surface area contributed by atoms with Crippen molar-refractivity contribution in [1.82, 2.24) is 10.0 Å². The topological polar surface area (TPSA) is 58.2 Å². The van der Waals surface area contributed by atoms with Gasteiger partial charge in [-0.25, -0.2) is 13.1 Å². The molecule has 0 radical (unpaired) electrons. The van der Waals surface area contributed by atoms with Crippen LogP contribution in [-0.2, 0) is 16.6 Å². The third-order valence-electron chi connectivity index (χ3n) is 3.42. The van der Waals surface area contributed by atoms with Gasteiger partial charge in [0.1, 0.15) is 4.90 Å². The second kappa shape index (κ2) is 8.88. The lowest BCUT2D eigenvalue weighted by atomic mass is 10.1. The molecule has 0 amide bonds. The average Bonchev–Trinajstić information content (AvgIpc) is 2.80. The Hall–Kier alpha value is -0.430. The Morgan fingerprint density at radius 3 is 2.52 bits per heavy atom. The minimum Gasteiger partial charge on any atom is -0.312 e. The van der Waals surface area contributed by atoms with E-state index < -0.39 is 10.0 Å². The molecule has 1 unspecified atom stereocenters. The molecule has 0 spiro atoms. The van der Waals surface area contributed by atoms with Gasteiger partial charge < -0.3 is 5.32 Å². The molecular weight excluding hydrogens is 304 g/mol. The van der Waals surface area contributed by atoms with Crippen LogP contribution in [0.2, 0.25) is 0 Å². The first-order valence-electron chi connectivity index (χ1n) is 7.76. The molecule has 6 heteroatoms. The molecule has 0 bridgehead atoms. The van der Waals surface area contributed by atoms with Gasteiger partial charge in [-0.1, -0.05) is 27.2 Å². The standard InChI is InChI=1S/C15H28N2O2S2/c1-5-8-13(7-3)17-21(18,19)15-12(4)11-20-14(15)10-16-9-6-2/h11,13,16-17H,5-10H2,1-4H3. The molecule has 0 aliphatic rings. The molecule has 0 aliphatic carbocycles. The number of hydrogen-bond donors (Lipinski definition) is 2. The zero-order valence-electron chi connectivity index (χ0n) is 13.5. The van der Waals surface area contributed by atoms with Crippen LogP contribution < -0.4 is 10.0 Å². The monoisotopic (exact) mass is 332 g/mol. The molecule has 1 rings (SSSR count). The largest absolute Gasteiger partial charge is 0.312 e. The lowest BCUT2D eigenvalue weighted by Crippen LogP contribution is -2.35. The van der Waals surface area contributed by atoms with Crippen LogP contribution in [0.3, 0.4) is 0 Å². The fourth-order valence-electron chi connectivity index (χ4n) is 2.32. The Bertz CT molecular complexity index is 524. The third kappa shape index (κ3) is 5.36. The molecule has 2 N–H and O–H groups in total. The van der Waals surface area contributed by atoms with E-state index in [2.05, 4.69) is 23.9 Å². The summed E-state index contributed by atoms with van der Waals surface area (Å²) in [7, 11) is -3.43. The van der Waals surface area contributed by atoms with Crippen molar-refractivity contribution in [3.63, 3.8) is 0 Å². The maximum atomic E-state index is 12.7. The maximum absolute atomic E-state index is 12.7. The average molecular weight is 333 g/mol. The summed E-state index contributed by atoms with van der Waals surface area (Å²) >= 11 is 1.52. The van der Waals surface area contributed by atoms with Crippen molar-refractivity contribution in [3.8, 4) is 0 Å². The highest BCUT2D eigenvalue weighted by Crippen LogP contribution is 2.27. The molecule has 21 heavy (non-hydrogen) atoms. The van der Waals surface area contributed by atoms with Gasteiger partial charge in [0.15, 0.2) is 0 Å². The summed E-state index contributed by atoms with van der Waals surface area (Å²) < 4.78 is 28.2. The Balaban J connectivity index is 2.93. The van der Waals surface area contributed by atoms with Crippen LogP contribution in [0.5, 0.6) is 0 Å². The van der Waals surface area contributed by atoms with Crippen LogP contribution >= 0.6 is 11.3 Å². The first-order valence-corrected chi connectivity index (χ1v) is 10.1. The number of rotatable bonds is 10. The number of nitrogens with one attached hydrogen (secondary N) is 2. The predicted molar refractivity (Wildman–Crippen MR) is 90.4 cm³/mol. The van der Waals surface area contributed by atoms with E-state index in [1.165, 1.54) is 11.3 Å². The Morgan fingerprint density at radius 2 is 1.95 bits per heavy atom. The number of sulfonamides is 1. The van der Waals surface area contributed by atoms with E-state index in [1.54, 1.807) is 0 Å². The number of aryl methyl sites for hydroxylation is 1. The van der Waals surface area contributed by atoms with E-state index >= 15 is 0 Å². The smallest absolute Gasteiger partial charge is 0.242 e. The van der Waals surface area contributed by atoms with Crippen molar-refractivity contribution >= 4 is 21.4 Å². The third-order valence-corrected chi connectivity index (χ3v) is 6.41. The summed E-state index contributed by atoms with van der Waals surface area (Å²) in [5.74, 6) is 0. The van der Waals surface area contributed by atoms with Crippen molar-refractivity contribution in [1.29, 1.82) is 0 Å². The Morgan fingerprint density at radius 1 is 1.24 bits per heavy atom. The van der Waals surface area contributed by atoms with E-state index in [1.807, 2.05) is 19.2 Å². The van der Waals surface area contributed by atoms with Gasteiger partial charge in [-0.3, -0.25) is 0 Å². The lowest BCUT2D eigenvalue weighted by Gasteiger charge is -2.17. The SMILES string of the molecule is CCCNCc1scc(C)c1S(=O)(=O)NC(CC)CCC. The van der Waals surface area contributed by atoms with Crippen molar-refractivity contribution in [2.45, 2.75) is 70.9 Å². The molecule has 1 atom stereocenters. The second-order valence-electron chi connectivity index (χ2n) is 5.36. The van der Waals surface area contributed by atoms with Gasteiger partial charge in [-0.2, -0.15) is 0 Å². The van der Waals surface area contributed by atoms with E-state index in [0.29, 0.717) is 11.4 Å². The van der Waals surface area contributed by atoms with Gasteiger partial charge in [0.05, 0.1) is 0 Å². The molecule has 0 saturated carbocycles. The van der Waals surface area contributed by atoms with E-state index in [4.69, 9.17) is 0 Å². The quantitative estimate of drug-likeness (QED) is 0.646.